The SMILES string of the molecule is CCCc1nnsc1C(Cc1ccc(CC)s1)NN. The van der Waals surface area contributed by atoms with Gasteiger partial charge in [-0.2, -0.15) is 0 Å². The maximum absolute atomic E-state index is 5.72. The average Bonchev–Trinajstić information content (AvgIpc) is 3.05. The van der Waals surface area contributed by atoms with Gasteiger partial charge in [0.1, 0.15) is 0 Å². The zero-order chi connectivity index (χ0) is 13.7. The van der Waals surface area contributed by atoms with Crippen molar-refractivity contribution in [2.24, 2.45) is 5.84 Å². The molecule has 4 nitrogen and oxygen atoms in total. The second kappa shape index (κ2) is 7.09. The van der Waals surface area contributed by atoms with Crippen LogP contribution >= 0.6 is 22.9 Å². The lowest BCUT2D eigenvalue weighted by Gasteiger charge is -2.13. The first-order chi connectivity index (χ1) is 9.28. The van der Waals surface area contributed by atoms with Gasteiger partial charge in [-0.05, 0) is 36.5 Å². The minimum Gasteiger partial charge on any atom is -0.271 e. The van der Waals surface area contributed by atoms with Crippen molar-refractivity contribution in [2.45, 2.75) is 45.6 Å². The highest BCUT2D eigenvalue weighted by Gasteiger charge is 2.19. The van der Waals surface area contributed by atoms with E-state index in [2.05, 4.69) is 41.0 Å². The van der Waals surface area contributed by atoms with Crippen molar-refractivity contribution >= 4 is 22.9 Å². The third-order valence-electron chi connectivity index (χ3n) is 3.06. The number of nitrogens with zero attached hydrogens (tertiary/aromatic N) is 2. The van der Waals surface area contributed by atoms with E-state index < -0.39 is 0 Å². The molecular weight excluding hydrogens is 276 g/mol. The summed E-state index contributed by atoms with van der Waals surface area (Å²) in [4.78, 5) is 3.95. The van der Waals surface area contributed by atoms with Crippen LogP contribution in [0, 0.1) is 0 Å². The summed E-state index contributed by atoms with van der Waals surface area (Å²) >= 11 is 3.32. The highest BCUT2D eigenvalue weighted by Crippen LogP contribution is 2.27. The number of aromatic nitrogens is 2. The third kappa shape index (κ3) is 3.60. The van der Waals surface area contributed by atoms with Gasteiger partial charge in [-0.15, -0.1) is 16.4 Å². The molecule has 0 saturated heterocycles. The van der Waals surface area contributed by atoms with Gasteiger partial charge in [0, 0.05) is 16.2 Å². The number of hydrazine groups is 1. The number of nitrogens with two attached hydrogens (primary N) is 1. The zero-order valence-electron chi connectivity index (χ0n) is 11.3. The first-order valence-corrected chi connectivity index (χ1v) is 8.22. The summed E-state index contributed by atoms with van der Waals surface area (Å²) in [5.74, 6) is 5.72. The van der Waals surface area contributed by atoms with Crippen molar-refractivity contribution in [2.75, 3.05) is 0 Å². The lowest BCUT2D eigenvalue weighted by atomic mass is 10.1. The second-order valence-electron chi connectivity index (χ2n) is 4.48. The van der Waals surface area contributed by atoms with E-state index in [1.54, 1.807) is 0 Å². The van der Waals surface area contributed by atoms with E-state index in [0.29, 0.717) is 0 Å². The van der Waals surface area contributed by atoms with E-state index in [9.17, 15) is 0 Å². The van der Waals surface area contributed by atoms with Gasteiger partial charge in [-0.3, -0.25) is 11.3 Å². The van der Waals surface area contributed by atoms with Crippen LogP contribution in [0.4, 0.5) is 0 Å². The van der Waals surface area contributed by atoms with Crippen LogP contribution in [0.2, 0.25) is 0 Å². The van der Waals surface area contributed by atoms with Crippen molar-refractivity contribution < 1.29 is 0 Å². The molecule has 3 N–H and O–H groups in total. The molecule has 0 amide bonds. The molecule has 2 heterocycles. The smallest absolute Gasteiger partial charge is 0.0804 e. The molecule has 0 fully saturated rings. The lowest BCUT2D eigenvalue weighted by Crippen LogP contribution is -2.29. The Kier molecular flexibility index (Phi) is 5.45. The maximum atomic E-state index is 5.72. The van der Waals surface area contributed by atoms with Gasteiger partial charge in [0.15, 0.2) is 0 Å². The van der Waals surface area contributed by atoms with E-state index in [0.717, 1.165) is 31.4 Å². The Morgan fingerprint density at radius 2 is 2.11 bits per heavy atom. The van der Waals surface area contributed by atoms with Crippen molar-refractivity contribution in [1.29, 1.82) is 0 Å². The van der Waals surface area contributed by atoms with Crippen molar-refractivity contribution in [3.63, 3.8) is 0 Å². The Bertz CT molecular complexity index is 506. The molecule has 0 aliphatic heterocycles. The highest BCUT2D eigenvalue weighted by atomic mass is 32.1. The first-order valence-electron chi connectivity index (χ1n) is 6.63. The monoisotopic (exact) mass is 296 g/mol. The standard InChI is InChI=1S/C13H20N4S2/c1-3-5-11-13(19-17-16-11)12(15-14)8-10-7-6-9(4-2)18-10/h6-7,12,15H,3-5,8,14H2,1-2H3. The van der Waals surface area contributed by atoms with Crippen LogP contribution in [-0.2, 0) is 19.3 Å². The molecule has 0 aliphatic rings. The molecule has 104 valence electrons. The van der Waals surface area contributed by atoms with Gasteiger partial charge in [-0.25, -0.2) is 0 Å². The topological polar surface area (TPSA) is 63.8 Å². The molecule has 0 bridgehead atoms. The summed E-state index contributed by atoms with van der Waals surface area (Å²) < 4.78 is 4.07. The molecular formula is C13H20N4S2. The minimum absolute atomic E-state index is 0.116. The van der Waals surface area contributed by atoms with Crippen LogP contribution in [0.15, 0.2) is 12.1 Å². The van der Waals surface area contributed by atoms with Crippen LogP contribution in [0.1, 0.15) is 46.6 Å². The van der Waals surface area contributed by atoms with Gasteiger partial charge in [-0.1, -0.05) is 24.8 Å². The number of hydrogen-bond acceptors (Lipinski definition) is 6. The largest absolute Gasteiger partial charge is 0.271 e. The summed E-state index contributed by atoms with van der Waals surface area (Å²) in [6, 6.07) is 4.51. The molecule has 6 heteroatoms. The molecule has 2 rings (SSSR count). The number of hydrogen-bond donors (Lipinski definition) is 2. The van der Waals surface area contributed by atoms with E-state index in [-0.39, 0.29) is 6.04 Å². The lowest BCUT2D eigenvalue weighted by molar-refractivity contribution is 0.557. The fraction of sp³-hybridized carbons (Fsp3) is 0.538. The predicted molar refractivity (Wildman–Crippen MR) is 81.4 cm³/mol. The molecule has 2 aromatic heterocycles. The number of rotatable bonds is 7. The molecule has 0 spiro atoms. The summed E-state index contributed by atoms with van der Waals surface area (Å²) in [6.45, 7) is 4.33. The van der Waals surface area contributed by atoms with Gasteiger partial charge in [0.05, 0.1) is 16.6 Å². The fourth-order valence-electron chi connectivity index (χ4n) is 2.04. The Hall–Kier alpha value is -0.820. The summed E-state index contributed by atoms with van der Waals surface area (Å²) in [5.41, 5.74) is 4.00. The summed E-state index contributed by atoms with van der Waals surface area (Å²) in [7, 11) is 0. The van der Waals surface area contributed by atoms with Gasteiger partial charge in [0.2, 0.25) is 0 Å². The predicted octanol–water partition coefficient (Wildman–Crippen LogP) is 2.86. The van der Waals surface area contributed by atoms with Crippen LogP contribution in [0.25, 0.3) is 0 Å². The molecule has 0 aliphatic carbocycles. The van der Waals surface area contributed by atoms with E-state index in [4.69, 9.17) is 5.84 Å². The Morgan fingerprint density at radius 1 is 1.32 bits per heavy atom. The van der Waals surface area contributed by atoms with E-state index in [1.165, 1.54) is 26.2 Å². The molecule has 19 heavy (non-hydrogen) atoms. The molecule has 1 atom stereocenters. The maximum Gasteiger partial charge on any atom is 0.0804 e. The van der Waals surface area contributed by atoms with Crippen molar-refractivity contribution in [3.05, 3.63) is 32.5 Å². The molecule has 0 aromatic carbocycles. The van der Waals surface area contributed by atoms with Crippen molar-refractivity contribution in [1.82, 2.24) is 15.0 Å². The van der Waals surface area contributed by atoms with E-state index in [1.807, 2.05) is 11.3 Å². The number of aryl methyl sites for hydroxylation is 2. The van der Waals surface area contributed by atoms with Gasteiger partial charge in [0.25, 0.3) is 0 Å². The normalized spacial score (nSPS) is 12.8. The summed E-state index contributed by atoms with van der Waals surface area (Å²) in [6.07, 6.45) is 4.04. The van der Waals surface area contributed by atoms with Crippen LogP contribution in [0.5, 0.6) is 0 Å². The van der Waals surface area contributed by atoms with Gasteiger partial charge >= 0.3 is 0 Å². The highest BCUT2D eigenvalue weighted by molar-refractivity contribution is 7.12. The Balaban J connectivity index is 2.12. The third-order valence-corrected chi connectivity index (χ3v) is 5.19. The summed E-state index contributed by atoms with van der Waals surface area (Å²) in [5, 5.41) is 4.21. The van der Waals surface area contributed by atoms with Crippen molar-refractivity contribution in [3.8, 4) is 0 Å². The van der Waals surface area contributed by atoms with Crippen LogP contribution in [-0.4, -0.2) is 9.59 Å². The zero-order valence-corrected chi connectivity index (χ0v) is 13.0. The number of nitrogens with one attached hydrogen (secondary N) is 1. The first kappa shape index (κ1) is 14.6. The van der Waals surface area contributed by atoms with E-state index >= 15 is 0 Å². The van der Waals surface area contributed by atoms with Gasteiger partial charge < -0.3 is 0 Å². The van der Waals surface area contributed by atoms with Crippen LogP contribution in [0.3, 0.4) is 0 Å². The molecule has 0 radical (unpaired) electrons. The molecule has 0 saturated carbocycles. The second-order valence-corrected chi connectivity index (χ2v) is 6.52. The average molecular weight is 296 g/mol. The Morgan fingerprint density at radius 3 is 2.74 bits per heavy atom. The minimum atomic E-state index is 0.116. The number of thiophene rings is 1. The Labute approximate surface area is 122 Å². The fourth-order valence-corrected chi connectivity index (χ4v) is 3.80. The quantitative estimate of drug-likeness (QED) is 0.609. The molecule has 1 unspecified atom stereocenters. The molecule has 2 aromatic rings. The van der Waals surface area contributed by atoms with Crippen LogP contribution < -0.4 is 11.3 Å².